The van der Waals surface area contributed by atoms with Crippen LogP contribution >= 0.6 is 12.2 Å². The Labute approximate surface area is 118 Å². The van der Waals surface area contributed by atoms with Crippen molar-refractivity contribution in [1.82, 2.24) is 0 Å². The van der Waals surface area contributed by atoms with E-state index in [4.69, 9.17) is 22.7 Å². The summed E-state index contributed by atoms with van der Waals surface area (Å²) >= 11 is 4.84. The number of nitrogens with zero attached hydrogens (tertiary/aromatic N) is 1. The first kappa shape index (κ1) is 14.3. The summed E-state index contributed by atoms with van der Waals surface area (Å²) in [6.45, 7) is -2.21. The molecule has 0 aromatic heterocycles. The molecule has 1 aliphatic rings. The number of fused-ring (bicyclic) bond motifs is 1. The van der Waals surface area contributed by atoms with Gasteiger partial charge in [0, 0.05) is 23.3 Å². The topological polar surface area (TPSA) is 78.4 Å². The van der Waals surface area contributed by atoms with E-state index >= 15 is 0 Å². The van der Waals surface area contributed by atoms with Gasteiger partial charge in [-0.2, -0.15) is 0 Å². The lowest BCUT2D eigenvalue weighted by atomic mass is 9.93. The molecule has 0 atom stereocenters. The molecule has 0 spiro atoms. The molecular formula is C12H10F2N2O3S. The lowest BCUT2D eigenvalue weighted by molar-refractivity contribution is -0.384. The molecule has 0 aliphatic carbocycles. The number of rotatable bonds is 4. The van der Waals surface area contributed by atoms with Gasteiger partial charge in [0.15, 0.2) is 5.60 Å². The highest BCUT2D eigenvalue weighted by Crippen LogP contribution is 2.38. The number of nitrogens with two attached hydrogens (primary N) is 1. The fourth-order valence-corrected chi connectivity index (χ4v) is 2.06. The van der Waals surface area contributed by atoms with Gasteiger partial charge in [0.1, 0.15) is 24.1 Å². The molecule has 106 valence electrons. The Balaban J connectivity index is 2.62. The third-order valence-corrected chi connectivity index (χ3v) is 3.12. The molecule has 2 rings (SSSR count). The van der Waals surface area contributed by atoms with E-state index in [2.05, 4.69) is 0 Å². The number of ether oxygens (including phenoxy) is 1. The molecule has 0 saturated heterocycles. The minimum absolute atomic E-state index is 0.108. The van der Waals surface area contributed by atoms with Crippen molar-refractivity contribution in [2.24, 2.45) is 5.73 Å². The number of thiocarbonyl (C=S) groups is 1. The summed E-state index contributed by atoms with van der Waals surface area (Å²) in [4.78, 5) is 10.1. The number of nitro groups is 1. The van der Waals surface area contributed by atoms with Crippen LogP contribution in [0.4, 0.5) is 14.5 Å². The smallest absolute Gasteiger partial charge is 0.270 e. The van der Waals surface area contributed by atoms with Crippen molar-refractivity contribution in [2.45, 2.75) is 5.60 Å². The van der Waals surface area contributed by atoms with Crippen molar-refractivity contribution in [3.8, 4) is 5.75 Å². The average Bonchev–Trinajstić information content (AvgIpc) is 2.45. The van der Waals surface area contributed by atoms with E-state index in [-0.39, 0.29) is 27.6 Å². The van der Waals surface area contributed by atoms with Crippen molar-refractivity contribution in [3.63, 3.8) is 0 Å². The second-order valence-electron chi connectivity index (χ2n) is 4.29. The maximum Gasteiger partial charge on any atom is 0.270 e. The number of hydrogen-bond acceptors (Lipinski definition) is 4. The van der Waals surface area contributed by atoms with E-state index in [0.29, 0.717) is 0 Å². The highest BCUT2D eigenvalue weighted by Gasteiger charge is 2.37. The van der Waals surface area contributed by atoms with Crippen molar-refractivity contribution in [1.29, 1.82) is 0 Å². The predicted molar refractivity (Wildman–Crippen MR) is 73.2 cm³/mol. The standard InChI is InChI=1S/C12H10F2N2O3S/c13-5-12(6-14)4-9(11(15)20)8-3-7(16(17)18)1-2-10(8)19-12/h1-4H,5-6H2,(H2,15,20). The summed E-state index contributed by atoms with van der Waals surface area (Å²) in [6.07, 6.45) is 1.14. The summed E-state index contributed by atoms with van der Waals surface area (Å²) in [5, 5.41) is 10.8. The van der Waals surface area contributed by atoms with Gasteiger partial charge in [-0.05, 0) is 12.1 Å². The molecule has 0 fully saturated rings. The second kappa shape index (κ2) is 5.12. The number of non-ortho nitro benzene ring substituents is 1. The first-order chi connectivity index (χ1) is 9.42. The van der Waals surface area contributed by atoms with Gasteiger partial charge in [0.05, 0.1) is 4.92 Å². The van der Waals surface area contributed by atoms with Crippen LogP contribution in [-0.4, -0.2) is 28.9 Å². The van der Waals surface area contributed by atoms with Gasteiger partial charge < -0.3 is 10.5 Å². The normalized spacial score (nSPS) is 15.8. The maximum absolute atomic E-state index is 13.1. The van der Waals surface area contributed by atoms with Gasteiger partial charge in [-0.1, -0.05) is 12.2 Å². The average molecular weight is 300 g/mol. The van der Waals surface area contributed by atoms with E-state index < -0.39 is 23.9 Å². The van der Waals surface area contributed by atoms with Gasteiger partial charge >= 0.3 is 0 Å². The molecule has 1 heterocycles. The van der Waals surface area contributed by atoms with Crippen LogP contribution in [-0.2, 0) is 0 Å². The lowest BCUT2D eigenvalue weighted by Gasteiger charge is -2.32. The molecule has 1 aliphatic heterocycles. The van der Waals surface area contributed by atoms with Gasteiger partial charge in [0.25, 0.3) is 5.69 Å². The Morgan fingerprint density at radius 1 is 1.45 bits per heavy atom. The zero-order valence-corrected chi connectivity index (χ0v) is 11.0. The summed E-state index contributed by atoms with van der Waals surface area (Å²) in [5.41, 5.74) is 3.97. The Bertz CT molecular complexity index is 615. The number of nitro benzene ring substituents is 1. The zero-order valence-electron chi connectivity index (χ0n) is 10.1. The van der Waals surface area contributed by atoms with Crippen LogP contribution in [0.15, 0.2) is 24.3 Å². The van der Waals surface area contributed by atoms with Gasteiger partial charge in [-0.25, -0.2) is 8.78 Å². The number of benzene rings is 1. The van der Waals surface area contributed by atoms with Crippen LogP contribution in [0.25, 0.3) is 5.57 Å². The Morgan fingerprint density at radius 2 is 2.10 bits per heavy atom. The molecule has 2 N–H and O–H groups in total. The summed E-state index contributed by atoms with van der Waals surface area (Å²) in [7, 11) is 0. The third-order valence-electron chi connectivity index (χ3n) is 2.90. The monoisotopic (exact) mass is 300 g/mol. The highest BCUT2D eigenvalue weighted by molar-refractivity contribution is 7.81. The Hall–Kier alpha value is -2.09. The quantitative estimate of drug-likeness (QED) is 0.524. The summed E-state index contributed by atoms with van der Waals surface area (Å²) in [5.74, 6) is 0.108. The first-order valence-corrected chi connectivity index (χ1v) is 5.96. The molecular weight excluding hydrogens is 290 g/mol. The summed E-state index contributed by atoms with van der Waals surface area (Å²) < 4.78 is 31.4. The molecule has 0 amide bonds. The third kappa shape index (κ3) is 2.34. The van der Waals surface area contributed by atoms with Crippen molar-refractivity contribution >= 4 is 28.5 Å². The summed E-state index contributed by atoms with van der Waals surface area (Å²) in [6, 6.07) is 3.67. The number of halogens is 2. The van der Waals surface area contributed by atoms with E-state index in [9.17, 15) is 18.9 Å². The van der Waals surface area contributed by atoms with Gasteiger partial charge in [-0.15, -0.1) is 0 Å². The van der Waals surface area contributed by atoms with E-state index in [0.717, 1.165) is 6.08 Å². The van der Waals surface area contributed by atoms with Gasteiger partial charge in [0.2, 0.25) is 0 Å². The van der Waals surface area contributed by atoms with Crippen LogP contribution in [0.1, 0.15) is 5.56 Å². The van der Waals surface area contributed by atoms with Gasteiger partial charge in [-0.3, -0.25) is 10.1 Å². The fourth-order valence-electron chi connectivity index (χ4n) is 1.89. The lowest BCUT2D eigenvalue weighted by Crippen LogP contribution is -2.42. The van der Waals surface area contributed by atoms with Crippen LogP contribution in [0.3, 0.4) is 0 Å². The SMILES string of the molecule is NC(=S)C1=CC(CF)(CF)Oc2ccc([N+](=O)[O-])cc21. The maximum atomic E-state index is 13.1. The van der Waals surface area contributed by atoms with Crippen LogP contribution in [0, 0.1) is 10.1 Å². The van der Waals surface area contributed by atoms with Crippen molar-refractivity contribution in [2.75, 3.05) is 13.3 Å². The molecule has 1 aromatic carbocycles. The molecule has 0 unspecified atom stereocenters. The van der Waals surface area contributed by atoms with E-state index in [1.54, 1.807) is 0 Å². The Morgan fingerprint density at radius 3 is 2.60 bits per heavy atom. The molecule has 8 heteroatoms. The molecule has 20 heavy (non-hydrogen) atoms. The number of hydrogen-bond donors (Lipinski definition) is 1. The molecule has 0 radical (unpaired) electrons. The van der Waals surface area contributed by atoms with Crippen molar-refractivity contribution < 1.29 is 18.4 Å². The van der Waals surface area contributed by atoms with E-state index in [1.165, 1.54) is 18.2 Å². The zero-order chi connectivity index (χ0) is 14.9. The molecule has 5 nitrogen and oxygen atoms in total. The second-order valence-corrected chi connectivity index (χ2v) is 4.73. The molecule has 0 saturated carbocycles. The molecule has 0 bridgehead atoms. The minimum Gasteiger partial charge on any atom is -0.477 e. The van der Waals surface area contributed by atoms with Crippen LogP contribution in [0.2, 0.25) is 0 Å². The number of alkyl halides is 2. The first-order valence-electron chi connectivity index (χ1n) is 5.55. The minimum atomic E-state index is -1.79. The van der Waals surface area contributed by atoms with Crippen molar-refractivity contribution in [3.05, 3.63) is 40.0 Å². The fraction of sp³-hybridized carbons (Fsp3) is 0.250. The van der Waals surface area contributed by atoms with Crippen LogP contribution in [0.5, 0.6) is 5.75 Å². The van der Waals surface area contributed by atoms with E-state index in [1.807, 2.05) is 0 Å². The van der Waals surface area contributed by atoms with Crippen LogP contribution < -0.4 is 10.5 Å². The molecule has 1 aromatic rings. The largest absolute Gasteiger partial charge is 0.477 e. The Kier molecular flexibility index (Phi) is 3.67. The predicted octanol–water partition coefficient (Wildman–Crippen LogP) is 2.33. The highest BCUT2D eigenvalue weighted by atomic mass is 32.1.